The van der Waals surface area contributed by atoms with Gasteiger partial charge < -0.3 is 5.32 Å². The molecule has 112 valence electrons. The number of hydrogen-bond acceptors (Lipinski definition) is 4. The van der Waals surface area contributed by atoms with Gasteiger partial charge in [-0.15, -0.1) is 0 Å². The molecule has 0 spiro atoms. The maximum Gasteiger partial charge on any atom is 0.276 e. The summed E-state index contributed by atoms with van der Waals surface area (Å²) < 4.78 is 0. The zero-order valence-electron chi connectivity index (χ0n) is 11.9. The quantitative estimate of drug-likeness (QED) is 0.541. The summed E-state index contributed by atoms with van der Waals surface area (Å²) in [5, 5.41) is 17.4. The first kappa shape index (κ1) is 13.2. The molecule has 3 N–H and O–H groups in total. The van der Waals surface area contributed by atoms with Gasteiger partial charge in [0.25, 0.3) is 5.91 Å². The third kappa shape index (κ3) is 2.34. The number of aromatic nitrogens is 5. The van der Waals surface area contributed by atoms with Gasteiger partial charge in [-0.3, -0.25) is 20.0 Å². The molecule has 4 rings (SSSR count). The Morgan fingerprint density at radius 2 is 1.91 bits per heavy atom. The Morgan fingerprint density at radius 1 is 1.04 bits per heavy atom. The topological polar surface area (TPSA) is 99.3 Å². The van der Waals surface area contributed by atoms with Crippen LogP contribution in [-0.4, -0.2) is 31.3 Å². The molecule has 0 aliphatic heterocycles. The molecule has 3 heterocycles. The minimum Gasteiger partial charge on any atom is -0.317 e. The number of aromatic amines is 2. The van der Waals surface area contributed by atoms with Crippen LogP contribution in [0.25, 0.3) is 22.3 Å². The lowest BCUT2D eigenvalue weighted by Crippen LogP contribution is -2.13. The van der Waals surface area contributed by atoms with Crippen molar-refractivity contribution < 1.29 is 4.79 Å². The largest absolute Gasteiger partial charge is 0.317 e. The molecule has 0 bridgehead atoms. The lowest BCUT2D eigenvalue weighted by atomic mass is 10.2. The fourth-order valence-electron chi connectivity index (χ4n) is 2.40. The van der Waals surface area contributed by atoms with Gasteiger partial charge in [0, 0.05) is 11.6 Å². The van der Waals surface area contributed by atoms with E-state index in [0.717, 1.165) is 10.9 Å². The molecule has 0 saturated carbocycles. The van der Waals surface area contributed by atoms with Crippen LogP contribution in [0.15, 0.2) is 54.9 Å². The Balaban J connectivity index is 1.67. The Bertz CT molecular complexity index is 972. The molecule has 4 aromatic rings. The number of carbonyl (C=O) groups excluding carboxylic acids is 1. The minimum atomic E-state index is -0.305. The van der Waals surface area contributed by atoms with Crippen LogP contribution in [0, 0.1) is 0 Å². The number of anilines is 1. The number of nitrogens with zero attached hydrogens (tertiary/aromatic N) is 3. The zero-order valence-corrected chi connectivity index (χ0v) is 11.9. The van der Waals surface area contributed by atoms with E-state index in [0.29, 0.717) is 22.8 Å². The molecule has 0 fully saturated rings. The second-order valence-corrected chi connectivity index (χ2v) is 4.95. The molecular weight excluding hydrogens is 292 g/mol. The highest BCUT2D eigenvalue weighted by molar-refractivity contribution is 6.11. The number of fused-ring (bicyclic) bond motifs is 1. The van der Waals surface area contributed by atoms with Gasteiger partial charge >= 0.3 is 0 Å². The van der Waals surface area contributed by atoms with Gasteiger partial charge in [0.05, 0.1) is 23.1 Å². The second kappa shape index (κ2) is 5.38. The molecule has 1 aromatic carbocycles. The average molecular weight is 304 g/mol. The molecule has 7 heteroatoms. The van der Waals surface area contributed by atoms with E-state index in [2.05, 4.69) is 30.7 Å². The van der Waals surface area contributed by atoms with Crippen molar-refractivity contribution in [2.75, 3.05) is 5.32 Å². The summed E-state index contributed by atoms with van der Waals surface area (Å²) in [6, 6.07) is 13.0. The number of amides is 1. The van der Waals surface area contributed by atoms with E-state index in [1.165, 1.54) is 0 Å². The summed E-state index contributed by atoms with van der Waals surface area (Å²) in [6.45, 7) is 0. The summed E-state index contributed by atoms with van der Waals surface area (Å²) in [5.74, 6) is -0.305. The van der Waals surface area contributed by atoms with Gasteiger partial charge in [0.1, 0.15) is 5.69 Å². The van der Waals surface area contributed by atoms with Crippen molar-refractivity contribution in [1.82, 2.24) is 25.4 Å². The maximum atomic E-state index is 12.5. The SMILES string of the molecule is O=C(Nc1cn[nH]c1-c1ccccn1)c1n[nH]c2ccccc12. The first-order valence-corrected chi connectivity index (χ1v) is 7.02. The fraction of sp³-hybridized carbons (Fsp3) is 0. The van der Waals surface area contributed by atoms with Crippen LogP contribution < -0.4 is 5.32 Å². The Hall–Kier alpha value is -3.48. The number of pyridine rings is 1. The van der Waals surface area contributed by atoms with Crippen molar-refractivity contribution in [2.45, 2.75) is 0 Å². The lowest BCUT2D eigenvalue weighted by molar-refractivity contribution is 0.102. The molecule has 0 aliphatic rings. The zero-order chi connectivity index (χ0) is 15.6. The standard InChI is InChI=1S/C16H12N6O/c23-16(14-10-5-1-2-6-11(10)20-22-14)19-13-9-18-21-15(13)12-7-3-4-8-17-12/h1-9H,(H,18,21)(H,19,23)(H,20,22). The molecule has 0 saturated heterocycles. The molecule has 0 atom stereocenters. The number of hydrogen-bond donors (Lipinski definition) is 3. The predicted octanol–water partition coefficient (Wildman–Crippen LogP) is 2.60. The normalized spacial score (nSPS) is 10.8. The molecular formula is C16H12N6O. The van der Waals surface area contributed by atoms with Gasteiger partial charge in [-0.25, -0.2) is 0 Å². The molecule has 7 nitrogen and oxygen atoms in total. The van der Waals surface area contributed by atoms with Crippen LogP contribution >= 0.6 is 0 Å². The molecule has 0 aliphatic carbocycles. The maximum absolute atomic E-state index is 12.5. The number of benzene rings is 1. The first-order chi connectivity index (χ1) is 11.3. The average Bonchev–Trinajstić information content (AvgIpc) is 3.22. The van der Waals surface area contributed by atoms with Gasteiger partial charge in [-0.2, -0.15) is 10.2 Å². The summed E-state index contributed by atoms with van der Waals surface area (Å²) in [4.78, 5) is 16.8. The predicted molar refractivity (Wildman–Crippen MR) is 85.9 cm³/mol. The smallest absolute Gasteiger partial charge is 0.276 e. The van der Waals surface area contributed by atoms with E-state index in [9.17, 15) is 4.79 Å². The number of carbonyl (C=O) groups is 1. The van der Waals surface area contributed by atoms with E-state index in [4.69, 9.17) is 0 Å². The van der Waals surface area contributed by atoms with E-state index in [1.54, 1.807) is 12.4 Å². The Labute approximate surface area is 130 Å². The third-order valence-corrected chi connectivity index (χ3v) is 3.49. The van der Waals surface area contributed by atoms with E-state index < -0.39 is 0 Å². The first-order valence-electron chi connectivity index (χ1n) is 7.02. The van der Waals surface area contributed by atoms with Crippen molar-refractivity contribution in [3.63, 3.8) is 0 Å². The highest BCUT2D eigenvalue weighted by Gasteiger charge is 2.17. The second-order valence-electron chi connectivity index (χ2n) is 4.95. The number of H-pyrrole nitrogens is 2. The molecule has 1 amide bonds. The summed E-state index contributed by atoms with van der Waals surface area (Å²) in [7, 11) is 0. The lowest BCUT2D eigenvalue weighted by Gasteiger charge is -2.04. The monoisotopic (exact) mass is 304 g/mol. The van der Waals surface area contributed by atoms with E-state index >= 15 is 0 Å². The van der Waals surface area contributed by atoms with Crippen molar-refractivity contribution in [2.24, 2.45) is 0 Å². The molecule has 3 aromatic heterocycles. The van der Waals surface area contributed by atoms with Crippen LogP contribution in [-0.2, 0) is 0 Å². The van der Waals surface area contributed by atoms with Crippen molar-refractivity contribution in [3.05, 3.63) is 60.6 Å². The van der Waals surface area contributed by atoms with Gasteiger partial charge in [-0.1, -0.05) is 24.3 Å². The minimum absolute atomic E-state index is 0.305. The van der Waals surface area contributed by atoms with Crippen LogP contribution in [0.1, 0.15) is 10.5 Å². The fourth-order valence-corrected chi connectivity index (χ4v) is 2.40. The number of para-hydroxylation sites is 1. The van der Waals surface area contributed by atoms with Crippen LogP contribution in [0.3, 0.4) is 0 Å². The van der Waals surface area contributed by atoms with Crippen LogP contribution in [0.2, 0.25) is 0 Å². The molecule has 0 unspecified atom stereocenters. The van der Waals surface area contributed by atoms with E-state index in [-0.39, 0.29) is 5.91 Å². The Kier molecular flexibility index (Phi) is 3.09. The van der Waals surface area contributed by atoms with Crippen LogP contribution in [0.4, 0.5) is 5.69 Å². The molecule has 23 heavy (non-hydrogen) atoms. The van der Waals surface area contributed by atoms with Gasteiger partial charge in [0.2, 0.25) is 0 Å². The highest BCUT2D eigenvalue weighted by Crippen LogP contribution is 2.24. The Morgan fingerprint density at radius 3 is 2.78 bits per heavy atom. The summed E-state index contributed by atoms with van der Waals surface area (Å²) >= 11 is 0. The summed E-state index contributed by atoms with van der Waals surface area (Å²) in [6.07, 6.45) is 3.24. The molecule has 0 radical (unpaired) electrons. The van der Waals surface area contributed by atoms with Crippen LogP contribution in [0.5, 0.6) is 0 Å². The number of nitrogens with one attached hydrogen (secondary N) is 3. The van der Waals surface area contributed by atoms with Crippen molar-refractivity contribution in [1.29, 1.82) is 0 Å². The van der Waals surface area contributed by atoms with E-state index in [1.807, 2.05) is 42.5 Å². The summed E-state index contributed by atoms with van der Waals surface area (Å²) in [5.41, 5.74) is 3.07. The number of rotatable bonds is 3. The highest BCUT2D eigenvalue weighted by atomic mass is 16.2. The third-order valence-electron chi connectivity index (χ3n) is 3.49. The van der Waals surface area contributed by atoms with Gasteiger partial charge in [0.15, 0.2) is 5.69 Å². The van der Waals surface area contributed by atoms with Crippen molar-refractivity contribution in [3.8, 4) is 11.4 Å². The van der Waals surface area contributed by atoms with Crippen molar-refractivity contribution >= 4 is 22.5 Å². The van der Waals surface area contributed by atoms with Gasteiger partial charge in [-0.05, 0) is 18.2 Å².